The van der Waals surface area contributed by atoms with E-state index in [1.54, 1.807) is 31.0 Å². The number of nitrogens with one attached hydrogen (secondary N) is 1. The molecule has 0 aliphatic rings. The van der Waals surface area contributed by atoms with E-state index in [-0.39, 0.29) is 17.3 Å². The summed E-state index contributed by atoms with van der Waals surface area (Å²) in [5, 5.41) is 0. The van der Waals surface area contributed by atoms with Crippen LogP contribution in [0.25, 0.3) is 0 Å². The zero-order valence-corrected chi connectivity index (χ0v) is 19.1. The van der Waals surface area contributed by atoms with E-state index < -0.39 is 10.0 Å². The summed E-state index contributed by atoms with van der Waals surface area (Å²) in [6.07, 6.45) is 0.660. The van der Waals surface area contributed by atoms with Crippen LogP contribution in [-0.2, 0) is 16.6 Å². The second-order valence-corrected chi connectivity index (χ2v) is 9.27. The minimum atomic E-state index is -3.76. The summed E-state index contributed by atoms with van der Waals surface area (Å²) in [4.78, 5) is 14.5. The van der Waals surface area contributed by atoms with Gasteiger partial charge < -0.3 is 9.64 Å². The van der Waals surface area contributed by atoms with Crippen molar-refractivity contribution in [2.24, 2.45) is 0 Å². The summed E-state index contributed by atoms with van der Waals surface area (Å²) in [7, 11) is -2.06. The molecule has 0 fully saturated rings. The van der Waals surface area contributed by atoms with Crippen molar-refractivity contribution in [1.82, 2.24) is 9.62 Å². The maximum absolute atomic E-state index is 12.9. The van der Waals surface area contributed by atoms with Crippen LogP contribution in [0.2, 0.25) is 0 Å². The zero-order chi connectivity index (χ0) is 23.0. The van der Waals surface area contributed by atoms with E-state index in [0.717, 1.165) is 11.3 Å². The number of ether oxygens (including phenoxy) is 1. The number of hydrogen-bond acceptors (Lipinski definition) is 4. The lowest BCUT2D eigenvalue weighted by Gasteiger charge is -2.18. The predicted octanol–water partition coefficient (Wildman–Crippen LogP) is 4.01. The maximum Gasteiger partial charge on any atom is 0.253 e. The molecule has 0 spiro atoms. The monoisotopic (exact) mass is 452 g/mol. The van der Waals surface area contributed by atoms with Gasteiger partial charge in [0.2, 0.25) is 10.0 Å². The van der Waals surface area contributed by atoms with Crippen LogP contribution in [0, 0.1) is 6.92 Å². The quantitative estimate of drug-likeness (QED) is 0.472. The fourth-order valence-electron chi connectivity index (χ4n) is 3.20. The smallest absolute Gasteiger partial charge is 0.253 e. The number of sulfonamides is 1. The van der Waals surface area contributed by atoms with Gasteiger partial charge in [-0.3, -0.25) is 4.79 Å². The van der Waals surface area contributed by atoms with Crippen LogP contribution >= 0.6 is 0 Å². The molecule has 0 aliphatic heterocycles. The van der Waals surface area contributed by atoms with Gasteiger partial charge in [-0.05, 0) is 48.7 Å². The number of nitrogens with zero attached hydrogens (tertiary/aromatic N) is 1. The number of carbonyl (C=O) groups is 1. The third-order valence-electron chi connectivity index (χ3n) is 5.03. The normalized spacial score (nSPS) is 11.2. The van der Waals surface area contributed by atoms with Crippen LogP contribution in [0.15, 0.2) is 83.8 Å². The lowest BCUT2D eigenvalue weighted by Crippen LogP contribution is -2.29. The van der Waals surface area contributed by atoms with Gasteiger partial charge in [-0.2, -0.15) is 0 Å². The zero-order valence-electron chi connectivity index (χ0n) is 18.3. The molecule has 32 heavy (non-hydrogen) atoms. The van der Waals surface area contributed by atoms with E-state index in [1.165, 1.54) is 6.07 Å². The molecule has 7 heteroatoms. The molecule has 0 unspecified atom stereocenters. The number of para-hydroxylation sites is 1. The number of hydrogen-bond donors (Lipinski definition) is 1. The van der Waals surface area contributed by atoms with Crippen molar-refractivity contribution in [3.8, 4) is 5.75 Å². The molecule has 3 aromatic carbocycles. The van der Waals surface area contributed by atoms with Gasteiger partial charge in [0, 0.05) is 25.7 Å². The summed E-state index contributed by atoms with van der Waals surface area (Å²) < 4.78 is 34.0. The fraction of sp³-hybridized carbons (Fsp3) is 0.240. The van der Waals surface area contributed by atoms with Crippen LogP contribution in [-0.4, -0.2) is 39.4 Å². The third kappa shape index (κ3) is 6.42. The molecule has 3 rings (SSSR count). The Morgan fingerprint density at radius 1 is 0.969 bits per heavy atom. The average molecular weight is 453 g/mol. The largest absolute Gasteiger partial charge is 0.494 e. The van der Waals surface area contributed by atoms with Crippen molar-refractivity contribution in [3.63, 3.8) is 0 Å². The van der Waals surface area contributed by atoms with Crippen molar-refractivity contribution in [3.05, 3.63) is 95.6 Å². The SMILES string of the molecule is Cc1ccc(C(=O)N(C)CCCOc2ccccc2)cc1S(=O)(=O)NCc1ccccc1. The van der Waals surface area contributed by atoms with Crippen molar-refractivity contribution in [2.75, 3.05) is 20.2 Å². The number of rotatable bonds is 10. The highest BCUT2D eigenvalue weighted by molar-refractivity contribution is 7.89. The lowest BCUT2D eigenvalue weighted by atomic mass is 10.1. The number of aryl methyl sites for hydroxylation is 1. The summed E-state index contributed by atoms with van der Waals surface area (Å²) >= 11 is 0. The molecular weight excluding hydrogens is 424 g/mol. The molecule has 0 atom stereocenters. The topological polar surface area (TPSA) is 75.7 Å². The molecule has 1 N–H and O–H groups in total. The van der Waals surface area contributed by atoms with E-state index >= 15 is 0 Å². The van der Waals surface area contributed by atoms with Crippen LogP contribution in [0.3, 0.4) is 0 Å². The Bertz CT molecular complexity index is 1130. The summed E-state index contributed by atoms with van der Waals surface area (Å²) in [6.45, 7) is 2.88. The molecule has 0 aliphatic carbocycles. The minimum absolute atomic E-state index is 0.111. The summed E-state index contributed by atoms with van der Waals surface area (Å²) in [5.41, 5.74) is 1.78. The van der Waals surface area contributed by atoms with Gasteiger partial charge in [0.05, 0.1) is 11.5 Å². The van der Waals surface area contributed by atoms with Gasteiger partial charge in [-0.1, -0.05) is 54.6 Å². The van der Waals surface area contributed by atoms with Crippen LogP contribution in [0.5, 0.6) is 5.75 Å². The average Bonchev–Trinajstić information content (AvgIpc) is 2.81. The first-order chi connectivity index (χ1) is 15.4. The molecule has 1 amide bonds. The number of amides is 1. The number of benzene rings is 3. The molecule has 0 saturated heterocycles. The number of carbonyl (C=O) groups excluding carboxylic acids is 1. The maximum atomic E-state index is 12.9. The minimum Gasteiger partial charge on any atom is -0.494 e. The molecule has 0 heterocycles. The molecule has 0 aromatic heterocycles. The Morgan fingerprint density at radius 3 is 2.31 bits per heavy atom. The molecule has 6 nitrogen and oxygen atoms in total. The van der Waals surface area contributed by atoms with Gasteiger partial charge in [0.25, 0.3) is 5.91 Å². The van der Waals surface area contributed by atoms with Crippen molar-refractivity contribution in [2.45, 2.75) is 24.8 Å². The fourth-order valence-corrected chi connectivity index (χ4v) is 4.49. The Kier molecular flexibility index (Phi) is 8.03. The van der Waals surface area contributed by atoms with E-state index in [4.69, 9.17) is 4.74 Å². The molecule has 168 valence electrons. The predicted molar refractivity (Wildman–Crippen MR) is 125 cm³/mol. The Labute approximate surface area is 189 Å². The first-order valence-corrected chi connectivity index (χ1v) is 11.9. The Balaban J connectivity index is 1.61. The molecule has 0 radical (unpaired) electrons. The van der Waals surface area contributed by atoms with E-state index in [0.29, 0.717) is 30.7 Å². The van der Waals surface area contributed by atoms with E-state index in [2.05, 4.69) is 4.72 Å². The van der Waals surface area contributed by atoms with E-state index in [1.807, 2.05) is 60.7 Å². The highest BCUT2D eigenvalue weighted by atomic mass is 32.2. The highest BCUT2D eigenvalue weighted by Gasteiger charge is 2.20. The van der Waals surface area contributed by atoms with Crippen molar-refractivity contribution < 1.29 is 17.9 Å². The first kappa shape index (κ1) is 23.5. The molecule has 0 bridgehead atoms. The second-order valence-electron chi connectivity index (χ2n) is 7.53. The third-order valence-corrected chi connectivity index (χ3v) is 6.57. The van der Waals surface area contributed by atoms with Gasteiger partial charge in [0.1, 0.15) is 5.75 Å². The van der Waals surface area contributed by atoms with Crippen molar-refractivity contribution in [1.29, 1.82) is 0 Å². The molecular formula is C25H28N2O4S. The second kappa shape index (κ2) is 10.9. The standard InChI is InChI=1S/C25H28N2O4S/c1-20-14-15-22(18-24(20)32(29,30)26-19-21-10-5-3-6-11-21)25(28)27(2)16-9-17-31-23-12-7-4-8-13-23/h3-8,10-15,18,26H,9,16-17,19H2,1-2H3. The van der Waals surface area contributed by atoms with Gasteiger partial charge >= 0.3 is 0 Å². The Morgan fingerprint density at radius 2 is 1.62 bits per heavy atom. The summed E-state index contributed by atoms with van der Waals surface area (Å²) in [5.74, 6) is 0.557. The van der Waals surface area contributed by atoms with Gasteiger partial charge in [-0.15, -0.1) is 0 Å². The lowest BCUT2D eigenvalue weighted by molar-refractivity contribution is 0.0787. The van der Waals surface area contributed by atoms with Gasteiger partial charge in [-0.25, -0.2) is 13.1 Å². The van der Waals surface area contributed by atoms with Gasteiger partial charge in [0.15, 0.2) is 0 Å². The van der Waals surface area contributed by atoms with Crippen molar-refractivity contribution >= 4 is 15.9 Å². The molecule has 3 aromatic rings. The molecule has 0 saturated carbocycles. The van der Waals surface area contributed by atoms with Crippen LogP contribution in [0.1, 0.15) is 27.9 Å². The van der Waals surface area contributed by atoms with Crippen LogP contribution in [0.4, 0.5) is 0 Å². The summed E-state index contributed by atoms with van der Waals surface area (Å²) in [6, 6.07) is 23.6. The van der Waals surface area contributed by atoms with E-state index in [9.17, 15) is 13.2 Å². The van der Waals surface area contributed by atoms with Crippen LogP contribution < -0.4 is 9.46 Å². The highest BCUT2D eigenvalue weighted by Crippen LogP contribution is 2.19. The first-order valence-electron chi connectivity index (χ1n) is 10.4. The Hall–Kier alpha value is -3.16.